The van der Waals surface area contributed by atoms with E-state index in [1.165, 1.54) is 32.1 Å². The molecule has 0 N–H and O–H groups in total. The molecule has 0 aromatic rings. The fraction of sp³-hybridized carbons (Fsp3) is 0.778. The summed E-state index contributed by atoms with van der Waals surface area (Å²) in [5, 5.41) is 0. The van der Waals surface area contributed by atoms with Crippen LogP contribution in [0.25, 0.3) is 0 Å². The summed E-state index contributed by atoms with van der Waals surface area (Å²) in [5.41, 5.74) is 0. The van der Waals surface area contributed by atoms with Crippen molar-refractivity contribution in [3.8, 4) is 0 Å². The molecule has 1 rings (SSSR count). The van der Waals surface area contributed by atoms with Gasteiger partial charge in [-0.1, -0.05) is 25.0 Å². The lowest BCUT2D eigenvalue weighted by Crippen LogP contribution is -2.03. The molecule has 0 heterocycles. The molecule has 0 unspecified atom stereocenters. The van der Waals surface area contributed by atoms with Gasteiger partial charge in [0.1, 0.15) is 0 Å². The lowest BCUT2D eigenvalue weighted by Gasteiger charge is -2.16. The Morgan fingerprint density at radius 2 is 2.17 bits per heavy atom. The Bertz CT molecular complexity index is 145. The zero-order valence-electron chi connectivity index (χ0n) is 7.31. The molecule has 3 heteroatoms. The summed E-state index contributed by atoms with van der Waals surface area (Å²) in [7, 11) is -1.32. The molecule has 0 saturated carbocycles. The maximum atomic E-state index is 5.79. The normalized spacial score (nSPS) is 23.4. The van der Waals surface area contributed by atoms with Crippen LogP contribution in [-0.4, -0.2) is 7.42 Å². The minimum atomic E-state index is -1.32. The van der Waals surface area contributed by atoms with Crippen LogP contribution >= 0.6 is 22.2 Å². The van der Waals surface area contributed by atoms with E-state index >= 15 is 0 Å². The number of hydrogen-bond donors (Lipinski definition) is 0. The van der Waals surface area contributed by atoms with Gasteiger partial charge in [-0.05, 0) is 31.2 Å². The largest absolute Gasteiger partial charge is 0.237 e. The molecule has 0 aromatic carbocycles. The average molecular weight is 223 g/mol. The van der Waals surface area contributed by atoms with Crippen molar-refractivity contribution in [2.45, 2.75) is 38.1 Å². The van der Waals surface area contributed by atoms with Gasteiger partial charge in [0, 0.05) is 0 Å². The lowest BCUT2D eigenvalue weighted by atomic mass is 9.91. The van der Waals surface area contributed by atoms with E-state index in [0.717, 1.165) is 12.0 Å². The van der Waals surface area contributed by atoms with E-state index in [-0.39, 0.29) is 0 Å². The van der Waals surface area contributed by atoms with Crippen LogP contribution in [0, 0.1) is 5.92 Å². The van der Waals surface area contributed by atoms with Gasteiger partial charge in [0.15, 0.2) is 0 Å². The Kier molecular flexibility index (Phi) is 5.36. The fourth-order valence-corrected chi connectivity index (χ4v) is 3.15. The van der Waals surface area contributed by atoms with Gasteiger partial charge in [-0.25, -0.2) is 0 Å². The Hall–Kier alpha value is 0.537. The van der Waals surface area contributed by atoms with Gasteiger partial charge in [0.25, 0.3) is 0 Å². The second kappa shape index (κ2) is 6.06. The zero-order chi connectivity index (χ0) is 8.81. The molecule has 0 aromatic heterocycles. The molecule has 0 spiro atoms. The van der Waals surface area contributed by atoms with Crippen molar-refractivity contribution in [3.63, 3.8) is 0 Å². The van der Waals surface area contributed by atoms with Gasteiger partial charge in [-0.2, -0.15) is 22.2 Å². The predicted molar refractivity (Wildman–Crippen MR) is 59.4 cm³/mol. The molecule has 0 aliphatic heterocycles. The smallest absolute Gasteiger partial charge is 0.150 e. The van der Waals surface area contributed by atoms with Crippen molar-refractivity contribution in [1.29, 1.82) is 0 Å². The molecule has 0 radical (unpaired) electrons. The highest BCUT2D eigenvalue weighted by Gasteiger charge is 2.10. The second-order valence-electron chi connectivity index (χ2n) is 3.47. The first-order chi connectivity index (χ1) is 5.79. The summed E-state index contributed by atoms with van der Waals surface area (Å²) >= 11 is 11.6. The summed E-state index contributed by atoms with van der Waals surface area (Å²) in [6.45, 7) is 0. The molecule has 1 atom stereocenters. The number of allylic oxidation sites excluding steroid dienone is 2. The van der Waals surface area contributed by atoms with Crippen LogP contribution in [0.15, 0.2) is 12.2 Å². The van der Waals surface area contributed by atoms with Crippen molar-refractivity contribution in [1.82, 2.24) is 0 Å². The average Bonchev–Trinajstić information content (AvgIpc) is 2.05. The van der Waals surface area contributed by atoms with Crippen LogP contribution < -0.4 is 0 Å². The van der Waals surface area contributed by atoms with E-state index in [1.807, 2.05) is 0 Å². The van der Waals surface area contributed by atoms with Gasteiger partial charge in [-0.15, -0.1) is 0 Å². The van der Waals surface area contributed by atoms with E-state index in [9.17, 15) is 0 Å². The van der Waals surface area contributed by atoms with Gasteiger partial charge in [-0.3, -0.25) is 0 Å². The molecule has 0 amide bonds. The van der Waals surface area contributed by atoms with Crippen LogP contribution in [0.4, 0.5) is 0 Å². The number of halogens is 2. The van der Waals surface area contributed by atoms with E-state index in [4.69, 9.17) is 22.2 Å². The van der Waals surface area contributed by atoms with Crippen LogP contribution in [0.2, 0.25) is 6.04 Å². The highest BCUT2D eigenvalue weighted by Crippen LogP contribution is 2.24. The van der Waals surface area contributed by atoms with E-state index in [2.05, 4.69) is 12.2 Å². The highest BCUT2D eigenvalue weighted by atomic mass is 35.7. The van der Waals surface area contributed by atoms with Gasteiger partial charge in [0.05, 0.1) is 0 Å². The number of rotatable bonds is 4. The van der Waals surface area contributed by atoms with E-state index < -0.39 is 7.42 Å². The van der Waals surface area contributed by atoms with Gasteiger partial charge >= 0.3 is 0 Å². The first-order valence-corrected chi connectivity index (χ1v) is 9.03. The first kappa shape index (κ1) is 10.6. The Balaban J connectivity index is 2.03. The van der Waals surface area contributed by atoms with Crippen molar-refractivity contribution in [2.75, 3.05) is 0 Å². The molecule has 0 nitrogen and oxygen atoms in total. The molecule has 0 saturated heterocycles. The lowest BCUT2D eigenvalue weighted by molar-refractivity contribution is 0.440. The van der Waals surface area contributed by atoms with Crippen molar-refractivity contribution in [3.05, 3.63) is 12.2 Å². The zero-order valence-corrected chi connectivity index (χ0v) is 9.97. The number of hydrogen-bond acceptors (Lipinski definition) is 0. The topological polar surface area (TPSA) is 0 Å². The third-order valence-corrected chi connectivity index (χ3v) is 4.57. The molecular formula is C9H16Cl2Si. The SMILES string of the molecule is Cl[SiH](Cl)CCC[C@@H]1CC=CCC1. The molecule has 0 fully saturated rings. The quantitative estimate of drug-likeness (QED) is 0.386. The van der Waals surface area contributed by atoms with Crippen LogP contribution in [0.5, 0.6) is 0 Å². The summed E-state index contributed by atoms with van der Waals surface area (Å²) in [4.78, 5) is 0. The maximum absolute atomic E-state index is 5.79. The standard InChI is InChI=1S/C9H16Cl2Si/c10-12(11)8-4-7-9-5-2-1-3-6-9/h1-2,9,12H,3-8H2/t9-/m1/s1. The third-order valence-electron chi connectivity index (χ3n) is 2.41. The van der Waals surface area contributed by atoms with E-state index in [1.54, 1.807) is 0 Å². The fourth-order valence-electron chi connectivity index (χ4n) is 1.68. The molecule has 1 aliphatic rings. The summed E-state index contributed by atoms with van der Waals surface area (Å²) in [6.07, 6.45) is 11.1. The molecule has 12 heavy (non-hydrogen) atoms. The van der Waals surface area contributed by atoms with Gasteiger partial charge in [0.2, 0.25) is 7.42 Å². The Morgan fingerprint density at radius 1 is 1.33 bits per heavy atom. The monoisotopic (exact) mass is 222 g/mol. The molecule has 0 bridgehead atoms. The van der Waals surface area contributed by atoms with Gasteiger partial charge < -0.3 is 0 Å². The summed E-state index contributed by atoms with van der Waals surface area (Å²) in [5.74, 6) is 0.913. The maximum Gasteiger partial charge on any atom is 0.237 e. The third kappa shape index (κ3) is 4.54. The minimum absolute atomic E-state index is 0.913. The van der Waals surface area contributed by atoms with Crippen LogP contribution in [0.3, 0.4) is 0 Å². The van der Waals surface area contributed by atoms with Crippen molar-refractivity contribution < 1.29 is 0 Å². The summed E-state index contributed by atoms with van der Waals surface area (Å²) < 4.78 is 0. The van der Waals surface area contributed by atoms with Crippen molar-refractivity contribution in [2.24, 2.45) is 5.92 Å². The van der Waals surface area contributed by atoms with Crippen LogP contribution in [0.1, 0.15) is 32.1 Å². The highest BCUT2D eigenvalue weighted by molar-refractivity contribution is 7.33. The molecule has 70 valence electrons. The second-order valence-corrected chi connectivity index (χ2v) is 8.66. The van der Waals surface area contributed by atoms with Crippen molar-refractivity contribution >= 4 is 29.6 Å². The van der Waals surface area contributed by atoms with E-state index in [0.29, 0.717) is 0 Å². The summed E-state index contributed by atoms with van der Waals surface area (Å²) in [6, 6.07) is 1.09. The molecule has 1 aliphatic carbocycles. The predicted octanol–water partition coefficient (Wildman–Crippen LogP) is 3.82. The first-order valence-electron chi connectivity index (χ1n) is 4.72. The Labute approximate surface area is 86.0 Å². The Morgan fingerprint density at radius 3 is 2.75 bits per heavy atom. The molecular weight excluding hydrogens is 207 g/mol. The van der Waals surface area contributed by atoms with Crippen LogP contribution in [-0.2, 0) is 0 Å². The minimum Gasteiger partial charge on any atom is -0.150 e.